The molecule has 0 aliphatic heterocycles. The van der Waals surface area contributed by atoms with Crippen LogP contribution in [0.1, 0.15) is 5.82 Å². The number of hydrogen-bond acceptors (Lipinski definition) is 6. The second-order valence-corrected chi connectivity index (χ2v) is 4.70. The summed E-state index contributed by atoms with van der Waals surface area (Å²) in [7, 11) is 0. The number of nitrogens with zero attached hydrogens (tertiary/aromatic N) is 3. The van der Waals surface area contributed by atoms with E-state index in [1.165, 1.54) is 12.1 Å². The highest BCUT2D eigenvalue weighted by atomic mass is 16.6. The monoisotopic (exact) mass is 312 g/mol. The zero-order valence-corrected chi connectivity index (χ0v) is 11.8. The van der Waals surface area contributed by atoms with Crippen molar-refractivity contribution < 1.29 is 14.8 Å². The third-order valence-electron chi connectivity index (χ3n) is 3.06. The number of nitro benzene ring substituents is 1. The second kappa shape index (κ2) is 6.14. The molecule has 0 fully saturated rings. The van der Waals surface area contributed by atoms with E-state index in [0.29, 0.717) is 17.4 Å². The van der Waals surface area contributed by atoms with Gasteiger partial charge in [0.1, 0.15) is 18.1 Å². The number of ether oxygens (including phenoxy) is 1. The van der Waals surface area contributed by atoms with Crippen LogP contribution in [0.25, 0.3) is 11.4 Å². The van der Waals surface area contributed by atoms with Gasteiger partial charge in [0.15, 0.2) is 11.6 Å². The molecule has 0 saturated heterocycles. The van der Waals surface area contributed by atoms with Crippen molar-refractivity contribution in [3.8, 4) is 22.9 Å². The highest BCUT2D eigenvalue weighted by Crippen LogP contribution is 2.21. The molecule has 2 aromatic carbocycles. The number of aromatic amines is 1. The van der Waals surface area contributed by atoms with Gasteiger partial charge in [-0.25, -0.2) is 4.98 Å². The molecule has 0 radical (unpaired) electrons. The van der Waals surface area contributed by atoms with Gasteiger partial charge in [-0.2, -0.15) is 5.10 Å². The van der Waals surface area contributed by atoms with Gasteiger partial charge in [0.2, 0.25) is 0 Å². The standard InChI is InChI=1S/C15H12N4O4/c20-12-6-4-10(5-7-12)15-16-14(17-18-15)9-23-13-3-1-2-11(8-13)19(21)22/h1-8,20H,9H2,(H,16,17,18). The summed E-state index contributed by atoms with van der Waals surface area (Å²) < 4.78 is 5.47. The van der Waals surface area contributed by atoms with Gasteiger partial charge in [-0.3, -0.25) is 15.2 Å². The molecule has 8 heteroatoms. The summed E-state index contributed by atoms with van der Waals surface area (Å²) in [5.74, 6) is 1.50. The summed E-state index contributed by atoms with van der Waals surface area (Å²) in [6.45, 7) is 0.103. The Kier molecular flexibility index (Phi) is 3.88. The van der Waals surface area contributed by atoms with Gasteiger partial charge in [-0.15, -0.1) is 0 Å². The number of non-ortho nitro benzene ring substituents is 1. The van der Waals surface area contributed by atoms with E-state index in [2.05, 4.69) is 15.2 Å². The smallest absolute Gasteiger partial charge is 0.273 e. The molecule has 23 heavy (non-hydrogen) atoms. The average molecular weight is 312 g/mol. The summed E-state index contributed by atoms with van der Waals surface area (Å²) in [5, 5.41) is 26.8. The first-order valence-electron chi connectivity index (χ1n) is 6.70. The fraction of sp³-hybridized carbons (Fsp3) is 0.0667. The number of benzene rings is 2. The Balaban J connectivity index is 1.69. The lowest BCUT2D eigenvalue weighted by atomic mass is 10.2. The first-order chi connectivity index (χ1) is 11.1. The maximum atomic E-state index is 10.7. The van der Waals surface area contributed by atoms with Crippen molar-refractivity contribution >= 4 is 5.69 Å². The highest BCUT2D eigenvalue weighted by Gasteiger charge is 2.09. The first kappa shape index (κ1) is 14.5. The van der Waals surface area contributed by atoms with Gasteiger partial charge in [0.25, 0.3) is 5.69 Å². The molecule has 116 valence electrons. The zero-order chi connectivity index (χ0) is 16.2. The fourth-order valence-corrected chi connectivity index (χ4v) is 1.94. The van der Waals surface area contributed by atoms with Crippen molar-refractivity contribution in [1.29, 1.82) is 0 Å². The lowest BCUT2D eigenvalue weighted by Crippen LogP contribution is -1.98. The number of phenolic OH excluding ortho intramolecular Hbond substituents is 1. The summed E-state index contributed by atoms with van der Waals surface area (Å²) in [5.41, 5.74) is 0.713. The number of nitro groups is 1. The molecule has 3 aromatic rings. The van der Waals surface area contributed by atoms with Crippen LogP contribution >= 0.6 is 0 Å². The highest BCUT2D eigenvalue weighted by molar-refractivity contribution is 5.55. The number of nitrogens with one attached hydrogen (secondary N) is 1. The number of aromatic nitrogens is 3. The Hall–Kier alpha value is -3.42. The maximum absolute atomic E-state index is 10.7. The minimum absolute atomic E-state index is 0.0372. The van der Waals surface area contributed by atoms with E-state index in [9.17, 15) is 15.2 Å². The number of rotatable bonds is 5. The maximum Gasteiger partial charge on any atom is 0.273 e. The molecule has 0 bridgehead atoms. The summed E-state index contributed by atoms with van der Waals surface area (Å²) in [4.78, 5) is 14.5. The van der Waals surface area contributed by atoms with E-state index in [1.807, 2.05) is 0 Å². The van der Waals surface area contributed by atoms with Crippen LogP contribution in [0.3, 0.4) is 0 Å². The molecule has 1 aromatic heterocycles. The van der Waals surface area contributed by atoms with Crippen molar-refractivity contribution in [1.82, 2.24) is 15.2 Å². The molecule has 0 amide bonds. The molecular formula is C15H12N4O4. The van der Waals surface area contributed by atoms with Gasteiger partial charge in [-0.1, -0.05) is 6.07 Å². The van der Waals surface area contributed by atoms with E-state index in [0.717, 1.165) is 5.56 Å². The van der Waals surface area contributed by atoms with Crippen LogP contribution in [-0.2, 0) is 6.61 Å². The average Bonchev–Trinajstić information content (AvgIpc) is 3.03. The summed E-state index contributed by atoms with van der Waals surface area (Å²) in [6.07, 6.45) is 0. The van der Waals surface area contributed by atoms with E-state index in [-0.39, 0.29) is 18.0 Å². The Labute approximate surface area is 130 Å². The Bertz CT molecular complexity index is 830. The molecule has 0 atom stereocenters. The fourth-order valence-electron chi connectivity index (χ4n) is 1.94. The van der Waals surface area contributed by atoms with Gasteiger partial charge in [0.05, 0.1) is 11.0 Å². The van der Waals surface area contributed by atoms with E-state index >= 15 is 0 Å². The van der Waals surface area contributed by atoms with Crippen LogP contribution in [-0.4, -0.2) is 25.2 Å². The molecule has 3 rings (SSSR count). The largest absolute Gasteiger partial charge is 0.508 e. The van der Waals surface area contributed by atoms with Crippen LogP contribution in [0.15, 0.2) is 48.5 Å². The van der Waals surface area contributed by atoms with Crippen molar-refractivity contribution in [2.75, 3.05) is 0 Å². The summed E-state index contributed by atoms with van der Waals surface area (Å²) >= 11 is 0. The Morgan fingerprint density at radius 2 is 2.00 bits per heavy atom. The third-order valence-corrected chi connectivity index (χ3v) is 3.06. The molecule has 0 aliphatic carbocycles. The lowest BCUT2D eigenvalue weighted by molar-refractivity contribution is -0.384. The topological polar surface area (TPSA) is 114 Å². The lowest BCUT2D eigenvalue weighted by Gasteiger charge is -2.03. The van der Waals surface area contributed by atoms with Gasteiger partial charge in [-0.05, 0) is 30.3 Å². The number of hydrogen-bond donors (Lipinski definition) is 2. The van der Waals surface area contributed by atoms with Crippen molar-refractivity contribution in [2.45, 2.75) is 6.61 Å². The number of phenols is 1. The van der Waals surface area contributed by atoms with Crippen molar-refractivity contribution in [3.63, 3.8) is 0 Å². The molecule has 0 unspecified atom stereocenters. The molecular weight excluding hydrogens is 300 g/mol. The van der Waals surface area contributed by atoms with Gasteiger partial charge in [0, 0.05) is 11.6 Å². The SMILES string of the molecule is O=[N+]([O-])c1cccc(OCc2nc(-c3ccc(O)cc3)n[nH]2)c1. The van der Waals surface area contributed by atoms with Crippen molar-refractivity contribution in [3.05, 3.63) is 64.5 Å². The van der Waals surface area contributed by atoms with E-state index in [1.54, 1.807) is 36.4 Å². The zero-order valence-electron chi connectivity index (χ0n) is 11.8. The van der Waals surface area contributed by atoms with Gasteiger partial charge < -0.3 is 9.84 Å². The van der Waals surface area contributed by atoms with Crippen LogP contribution < -0.4 is 4.74 Å². The predicted molar refractivity (Wildman–Crippen MR) is 80.9 cm³/mol. The van der Waals surface area contributed by atoms with Crippen LogP contribution in [0.2, 0.25) is 0 Å². The first-order valence-corrected chi connectivity index (χ1v) is 6.70. The normalized spacial score (nSPS) is 10.4. The molecule has 0 aliphatic rings. The molecule has 0 saturated carbocycles. The van der Waals surface area contributed by atoms with E-state index < -0.39 is 4.92 Å². The van der Waals surface area contributed by atoms with Crippen LogP contribution in [0.5, 0.6) is 11.5 Å². The molecule has 2 N–H and O–H groups in total. The number of aromatic hydroxyl groups is 1. The van der Waals surface area contributed by atoms with Crippen molar-refractivity contribution in [2.24, 2.45) is 0 Å². The van der Waals surface area contributed by atoms with Crippen LogP contribution in [0.4, 0.5) is 5.69 Å². The number of H-pyrrole nitrogens is 1. The quantitative estimate of drug-likeness (QED) is 0.553. The Morgan fingerprint density at radius 3 is 2.74 bits per heavy atom. The minimum Gasteiger partial charge on any atom is -0.508 e. The van der Waals surface area contributed by atoms with Crippen LogP contribution in [0, 0.1) is 10.1 Å². The molecule has 0 spiro atoms. The van der Waals surface area contributed by atoms with E-state index in [4.69, 9.17) is 4.74 Å². The molecule has 1 heterocycles. The summed E-state index contributed by atoms with van der Waals surface area (Å²) in [6, 6.07) is 12.4. The Morgan fingerprint density at radius 1 is 1.22 bits per heavy atom. The van der Waals surface area contributed by atoms with Gasteiger partial charge >= 0.3 is 0 Å². The minimum atomic E-state index is -0.482. The molecule has 8 nitrogen and oxygen atoms in total. The second-order valence-electron chi connectivity index (χ2n) is 4.70. The predicted octanol–water partition coefficient (Wildman–Crippen LogP) is 2.66. The third kappa shape index (κ3) is 3.43.